The van der Waals surface area contributed by atoms with Crippen LogP contribution in [0.1, 0.15) is 26.7 Å². The summed E-state index contributed by atoms with van der Waals surface area (Å²) in [5.74, 6) is 0.708. The van der Waals surface area contributed by atoms with Gasteiger partial charge in [-0.3, -0.25) is 0 Å². The van der Waals surface area contributed by atoms with Crippen LogP contribution >= 0.6 is 0 Å². The number of hydrogen-bond acceptors (Lipinski definition) is 6. The molecule has 1 unspecified atom stereocenters. The predicted octanol–water partition coefficient (Wildman–Crippen LogP) is -1.43. The zero-order valence-electron chi connectivity index (χ0n) is 11.4. The van der Waals surface area contributed by atoms with Crippen LogP contribution in [0.3, 0.4) is 0 Å². The van der Waals surface area contributed by atoms with E-state index in [1.54, 1.807) is 18.2 Å². The molecule has 0 saturated heterocycles. The fourth-order valence-electron chi connectivity index (χ4n) is 1.18. The molecule has 0 bridgehead atoms. The van der Waals surface area contributed by atoms with E-state index in [1.807, 2.05) is 0 Å². The van der Waals surface area contributed by atoms with E-state index in [4.69, 9.17) is 4.74 Å². The van der Waals surface area contributed by atoms with E-state index < -0.39 is 15.5 Å². The largest absolute Gasteiger partial charge is 1.00 e. The predicted molar refractivity (Wildman–Crippen MR) is 67.4 cm³/mol. The van der Waals surface area contributed by atoms with Crippen LogP contribution in [0.25, 0.3) is 0 Å². The van der Waals surface area contributed by atoms with Crippen LogP contribution in [0.4, 0.5) is 5.82 Å². The maximum absolute atomic E-state index is 10.8. The summed E-state index contributed by atoms with van der Waals surface area (Å²) in [6.07, 6.45) is 1.94. The number of nitrogens with zero attached hydrogens (tertiary/aromatic N) is 1. The van der Waals surface area contributed by atoms with Crippen molar-refractivity contribution in [3.05, 3.63) is 18.2 Å². The number of rotatable bonds is 7. The minimum Gasteiger partial charge on any atom is -0.746 e. The number of nitrogens with one attached hydrogen (secondary N) is 1. The summed E-state index contributed by atoms with van der Waals surface area (Å²) >= 11 is 0. The molecule has 102 valence electrons. The summed E-state index contributed by atoms with van der Waals surface area (Å²) in [6, 6.07) is 4.94. The van der Waals surface area contributed by atoms with Gasteiger partial charge >= 0.3 is 29.6 Å². The summed E-state index contributed by atoms with van der Waals surface area (Å²) < 4.78 is 37.6. The molecule has 1 heterocycles. The Bertz CT molecular complexity index is 481. The van der Waals surface area contributed by atoms with Crippen LogP contribution < -0.4 is 39.6 Å². The molecule has 0 saturated carbocycles. The maximum Gasteiger partial charge on any atom is 1.00 e. The molecule has 0 aromatic carbocycles. The summed E-state index contributed by atoms with van der Waals surface area (Å²) in [4.78, 5) is 4.06. The molecular formula is C11H17N2NaO4S. The van der Waals surface area contributed by atoms with Crippen molar-refractivity contribution in [3.63, 3.8) is 0 Å². The summed E-state index contributed by atoms with van der Waals surface area (Å²) in [5, 5.41) is 1.30. The monoisotopic (exact) mass is 296 g/mol. The van der Waals surface area contributed by atoms with E-state index in [0.717, 1.165) is 12.8 Å². The number of unbranched alkanes of at least 4 members (excludes halogenated alkanes) is 1. The first kappa shape index (κ1) is 18.7. The minimum absolute atomic E-state index is 0. The zero-order chi connectivity index (χ0) is 13.6. The van der Waals surface area contributed by atoms with Crippen LogP contribution in [0.5, 0.6) is 5.88 Å². The Hall–Kier alpha value is -0.340. The first-order valence-corrected chi connectivity index (χ1v) is 7.21. The van der Waals surface area contributed by atoms with E-state index >= 15 is 0 Å². The van der Waals surface area contributed by atoms with Crippen molar-refractivity contribution in [2.45, 2.75) is 32.1 Å². The number of aromatic nitrogens is 1. The minimum atomic E-state index is -4.38. The SMILES string of the molecule is CCCCOc1cccc(NC(C)S(=O)(=O)[O-])n1.[Na+]. The van der Waals surface area contributed by atoms with Crippen molar-refractivity contribution in [1.29, 1.82) is 0 Å². The van der Waals surface area contributed by atoms with Crippen molar-refractivity contribution in [1.82, 2.24) is 4.98 Å². The number of anilines is 1. The van der Waals surface area contributed by atoms with Crippen LogP contribution in [0.15, 0.2) is 18.2 Å². The van der Waals surface area contributed by atoms with Crippen LogP contribution in [-0.4, -0.2) is 29.9 Å². The first-order chi connectivity index (χ1) is 8.43. The summed E-state index contributed by atoms with van der Waals surface area (Å²) in [6.45, 7) is 3.88. The molecule has 1 aromatic rings. The van der Waals surface area contributed by atoms with Crippen molar-refractivity contribution in [2.75, 3.05) is 11.9 Å². The van der Waals surface area contributed by atoms with Gasteiger partial charge in [0.15, 0.2) is 0 Å². The Morgan fingerprint density at radius 1 is 1.47 bits per heavy atom. The van der Waals surface area contributed by atoms with Gasteiger partial charge in [-0.05, 0) is 19.4 Å². The number of pyridine rings is 1. The van der Waals surface area contributed by atoms with E-state index in [-0.39, 0.29) is 29.6 Å². The summed E-state index contributed by atoms with van der Waals surface area (Å²) in [5.41, 5.74) is 0. The van der Waals surface area contributed by atoms with Gasteiger partial charge in [0.1, 0.15) is 21.3 Å². The Morgan fingerprint density at radius 3 is 2.74 bits per heavy atom. The molecule has 1 N–H and O–H groups in total. The molecule has 0 aliphatic heterocycles. The Morgan fingerprint density at radius 2 is 2.16 bits per heavy atom. The second-order valence-corrected chi connectivity index (χ2v) is 5.54. The molecule has 0 spiro atoms. The van der Waals surface area contributed by atoms with Gasteiger partial charge in [-0.25, -0.2) is 8.42 Å². The normalized spacial score (nSPS) is 12.4. The standard InChI is InChI=1S/C11H18N2O4S.Na/c1-3-4-8-17-11-7-5-6-10(13-11)12-9(2)18(14,15)16;/h5-7,9H,3-4,8H2,1-2H3,(H,12,13)(H,14,15,16);/q;+1/p-1. The second kappa shape index (κ2) is 8.76. The van der Waals surface area contributed by atoms with Gasteiger partial charge in [-0.2, -0.15) is 4.98 Å². The number of ether oxygens (including phenoxy) is 1. The average Bonchev–Trinajstić information content (AvgIpc) is 2.28. The van der Waals surface area contributed by atoms with Crippen molar-refractivity contribution < 1.29 is 47.3 Å². The Balaban J connectivity index is 0.00000324. The van der Waals surface area contributed by atoms with Crippen molar-refractivity contribution >= 4 is 15.9 Å². The smallest absolute Gasteiger partial charge is 0.746 e. The molecule has 1 atom stereocenters. The fourth-order valence-corrected chi connectivity index (χ4v) is 1.44. The van der Waals surface area contributed by atoms with Crippen molar-refractivity contribution in [2.24, 2.45) is 0 Å². The van der Waals surface area contributed by atoms with E-state index in [2.05, 4.69) is 17.2 Å². The molecule has 0 amide bonds. The molecule has 8 heteroatoms. The molecule has 0 radical (unpaired) electrons. The third-order valence-electron chi connectivity index (χ3n) is 2.26. The van der Waals surface area contributed by atoms with Gasteiger partial charge in [0.2, 0.25) is 5.88 Å². The Kier molecular flexibility index (Phi) is 8.60. The third kappa shape index (κ3) is 7.12. The van der Waals surface area contributed by atoms with Gasteiger partial charge < -0.3 is 14.6 Å². The van der Waals surface area contributed by atoms with Gasteiger partial charge in [-0.1, -0.05) is 19.4 Å². The second-order valence-electron chi connectivity index (χ2n) is 3.84. The topological polar surface area (TPSA) is 91.3 Å². The fraction of sp³-hybridized carbons (Fsp3) is 0.545. The summed E-state index contributed by atoms with van der Waals surface area (Å²) in [7, 11) is -4.38. The molecule has 0 fully saturated rings. The zero-order valence-corrected chi connectivity index (χ0v) is 14.2. The molecule has 6 nitrogen and oxygen atoms in total. The van der Waals surface area contributed by atoms with Gasteiger partial charge in [0.05, 0.1) is 6.61 Å². The Labute approximate surface area is 136 Å². The quantitative estimate of drug-likeness (QED) is 0.377. The molecule has 0 aliphatic carbocycles. The molecule has 19 heavy (non-hydrogen) atoms. The van der Waals surface area contributed by atoms with E-state index in [9.17, 15) is 13.0 Å². The van der Waals surface area contributed by atoms with Crippen LogP contribution in [-0.2, 0) is 10.1 Å². The van der Waals surface area contributed by atoms with E-state index in [1.165, 1.54) is 6.92 Å². The molecule has 0 aliphatic rings. The molecular weight excluding hydrogens is 279 g/mol. The van der Waals surface area contributed by atoms with Crippen LogP contribution in [0, 0.1) is 0 Å². The van der Waals surface area contributed by atoms with Crippen LogP contribution in [0.2, 0.25) is 0 Å². The molecule has 1 aromatic heterocycles. The number of hydrogen-bond donors (Lipinski definition) is 1. The molecule has 1 rings (SSSR count). The van der Waals surface area contributed by atoms with Gasteiger partial charge in [-0.15, -0.1) is 0 Å². The van der Waals surface area contributed by atoms with E-state index in [0.29, 0.717) is 18.3 Å². The van der Waals surface area contributed by atoms with Crippen molar-refractivity contribution in [3.8, 4) is 5.88 Å². The van der Waals surface area contributed by atoms with Gasteiger partial charge in [0.25, 0.3) is 0 Å². The maximum atomic E-state index is 10.8. The third-order valence-corrected chi connectivity index (χ3v) is 3.24. The average molecular weight is 296 g/mol. The first-order valence-electron chi connectivity index (χ1n) is 5.74. The van der Waals surface area contributed by atoms with Gasteiger partial charge in [0, 0.05) is 6.07 Å².